The summed E-state index contributed by atoms with van der Waals surface area (Å²) < 4.78 is 10.6. The Balaban J connectivity index is 1.62. The number of urea groups is 1. The summed E-state index contributed by atoms with van der Waals surface area (Å²) in [4.78, 5) is 36.9. The van der Waals surface area contributed by atoms with Gasteiger partial charge in [-0.3, -0.25) is 10.1 Å². The molecule has 2 aromatic rings. The Hall–Kier alpha value is -3.09. The van der Waals surface area contributed by atoms with E-state index in [0.717, 1.165) is 31.1 Å². The molecule has 1 aliphatic carbocycles. The smallest absolute Gasteiger partial charge is 0.339 e. The van der Waals surface area contributed by atoms with E-state index in [1.54, 1.807) is 25.3 Å². The van der Waals surface area contributed by atoms with Gasteiger partial charge in [0, 0.05) is 11.4 Å². The lowest BCUT2D eigenvalue weighted by Gasteiger charge is -2.23. The first-order chi connectivity index (χ1) is 14.0. The fraction of sp³-hybridized carbons (Fsp3) is 0.409. The van der Waals surface area contributed by atoms with Crippen molar-refractivity contribution in [3.63, 3.8) is 0 Å². The topological polar surface area (TPSA) is 93.7 Å². The number of imide groups is 1. The number of carbonyl (C=O) groups excluding carboxylic acids is 3. The van der Waals surface area contributed by atoms with Crippen LogP contribution in [0.1, 0.15) is 49.4 Å². The van der Waals surface area contributed by atoms with Crippen molar-refractivity contribution in [3.8, 4) is 5.75 Å². The first-order valence-electron chi connectivity index (χ1n) is 9.87. The summed E-state index contributed by atoms with van der Waals surface area (Å²) in [5.74, 6) is -0.661. The van der Waals surface area contributed by atoms with Crippen molar-refractivity contribution in [1.29, 1.82) is 0 Å². The Kier molecular flexibility index (Phi) is 6.69. The molecular formula is C22H26N2O5. The molecule has 7 nitrogen and oxygen atoms in total. The highest BCUT2D eigenvalue weighted by atomic mass is 16.5. The normalized spacial score (nSPS) is 15.4. The van der Waals surface area contributed by atoms with E-state index in [9.17, 15) is 14.4 Å². The second-order valence-electron chi connectivity index (χ2n) is 7.21. The van der Waals surface area contributed by atoms with E-state index in [1.807, 2.05) is 18.2 Å². The highest BCUT2D eigenvalue weighted by Gasteiger charge is 2.23. The van der Waals surface area contributed by atoms with Crippen molar-refractivity contribution in [2.75, 3.05) is 7.11 Å². The first-order valence-corrected chi connectivity index (χ1v) is 9.87. The number of carbonyl (C=O) groups is 3. The van der Waals surface area contributed by atoms with Crippen LogP contribution in [0.2, 0.25) is 0 Å². The molecule has 3 rings (SSSR count). The van der Waals surface area contributed by atoms with Crippen molar-refractivity contribution < 1.29 is 23.9 Å². The maximum Gasteiger partial charge on any atom is 0.339 e. The Morgan fingerprint density at radius 2 is 1.69 bits per heavy atom. The lowest BCUT2D eigenvalue weighted by atomic mass is 9.96. The maximum absolute atomic E-state index is 12.6. The number of rotatable bonds is 5. The van der Waals surface area contributed by atoms with Crippen LogP contribution in [0, 0.1) is 0 Å². The highest BCUT2D eigenvalue weighted by molar-refractivity contribution is 6.07. The first kappa shape index (κ1) is 20.6. The summed E-state index contributed by atoms with van der Waals surface area (Å²) in [5.41, 5.74) is 0.327. The lowest BCUT2D eigenvalue weighted by Crippen LogP contribution is -2.48. The van der Waals surface area contributed by atoms with Gasteiger partial charge in [0.15, 0.2) is 6.10 Å². The molecule has 3 amide bonds. The van der Waals surface area contributed by atoms with Crippen LogP contribution in [0.15, 0.2) is 36.4 Å². The predicted octanol–water partition coefficient (Wildman–Crippen LogP) is 3.55. The monoisotopic (exact) mass is 398 g/mol. The van der Waals surface area contributed by atoms with Crippen molar-refractivity contribution >= 4 is 28.7 Å². The molecule has 0 spiro atoms. The molecule has 2 N–H and O–H groups in total. The standard InChI is InChI=1S/C22H26N2O5/c1-14(20(25)24-22(27)23-15-8-4-3-5-9-15)29-21(26)18-12-13-19(28-2)17-11-7-6-10-16(17)18/h6-7,10-15H,3-5,8-9H2,1-2H3,(H2,23,24,25,27)/t14-/m0/s1. The third kappa shape index (κ3) is 5.04. The van der Waals surface area contributed by atoms with Gasteiger partial charge in [0.05, 0.1) is 12.7 Å². The van der Waals surface area contributed by atoms with E-state index >= 15 is 0 Å². The molecule has 0 aromatic heterocycles. The number of hydrogen-bond donors (Lipinski definition) is 2. The minimum absolute atomic E-state index is 0.0834. The van der Waals surface area contributed by atoms with Crippen molar-refractivity contribution in [2.45, 2.75) is 51.2 Å². The zero-order valence-electron chi connectivity index (χ0n) is 16.7. The van der Waals surface area contributed by atoms with Gasteiger partial charge in [-0.1, -0.05) is 43.5 Å². The van der Waals surface area contributed by atoms with Crippen LogP contribution in [-0.2, 0) is 9.53 Å². The third-order valence-corrected chi connectivity index (χ3v) is 5.15. The molecule has 7 heteroatoms. The Labute approximate surface area is 169 Å². The van der Waals surface area contributed by atoms with Crippen LogP contribution in [0.25, 0.3) is 10.8 Å². The van der Waals surface area contributed by atoms with Gasteiger partial charge in [-0.2, -0.15) is 0 Å². The zero-order chi connectivity index (χ0) is 20.8. The fourth-order valence-electron chi connectivity index (χ4n) is 3.59. The van der Waals surface area contributed by atoms with Crippen LogP contribution < -0.4 is 15.4 Å². The molecule has 0 bridgehead atoms. The molecule has 0 saturated heterocycles. The molecule has 1 fully saturated rings. The molecule has 154 valence electrons. The van der Waals surface area contributed by atoms with Crippen LogP contribution >= 0.6 is 0 Å². The van der Waals surface area contributed by atoms with Crippen LogP contribution in [0.4, 0.5) is 4.79 Å². The number of benzene rings is 2. The van der Waals surface area contributed by atoms with Gasteiger partial charge in [-0.05, 0) is 37.3 Å². The molecule has 0 radical (unpaired) electrons. The van der Waals surface area contributed by atoms with Gasteiger partial charge in [-0.15, -0.1) is 0 Å². The molecular weight excluding hydrogens is 372 g/mol. The van der Waals surface area contributed by atoms with Gasteiger partial charge in [-0.25, -0.2) is 9.59 Å². The highest BCUT2D eigenvalue weighted by Crippen LogP contribution is 2.28. The largest absolute Gasteiger partial charge is 0.496 e. The summed E-state index contributed by atoms with van der Waals surface area (Å²) in [6.45, 7) is 1.44. The van der Waals surface area contributed by atoms with Crippen molar-refractivity contribution in [3.05, 3.63) is 42.0 Å². The molecule has 29 heavy (non-hydrogen) atoms. The van der Waals surface area contributed by atoms with Gasteiger partial charge in [0.25, 0.3) is 5.91 Å². The number of hydrogen-bond acceptors (Lipinski definition) is 5. The van der Waals surface area contributed by atoms with E-state index in [0.29, 0.717) is 16.7 Å². The van der Waals surface area contributed by atoms with E-state index in [2.05, 4.69) is 10.6 Å². The van der Waals surface area contributed by atoms with E-state index in [-0.39, 0.29) is 6.04 Å². The summed E-state index contributed by atoms with van der Waals surface area (Å²) in [7, 11) is 1.56. The predicted molar refractivity (Wildman–Crippen MR) is 109 cm³/mol. The molecule has 1 saturated carbocycles. The number of fused-ring (bicyclic) bond motifs is 1. The minimum atomic E-state index is -1.11. The van der Waals surface area contributed by atoms with Gasteiger partial charge >= 0.3 is 12.0 Å². The van der Waals surface area contributed by atoms with Gasteiger partial charge in [0.2, 0.25) is 0 Å². The summed E-state index contributed by atoms with van der Waals surface area (Å²) in [5, 5.41) is 6.49. The second kappa shape index (κ2) is 9.41. The molecule has 1 atom stereocenters. The van der Waals surface area contributed by atoms with Crippen LogP contribution in [0.3, 0.4) is 0 Å². The van der Waals surface area contributed by atoms with Gasteiger partial charge in [0.1, 0.15) is 5.75 Å². The Bertz CT molecular complexity index is 905. The number of amides is 3. The van der Waals surface area contributed by atoms with E-state index in [4.69, 9.17) is 9.47 Å². The zero-order valence-corrected chi connectivity index (χ0v) is 16.7. The maximum atomic E-state index is 12.6. The number of methoxy groups -OCH3 is 1. The van der Waals surface area contributed by atoms with Crippen molar-refractivity contribution in [2.24, 2.45) is 0 Å². The fourth-order valence-corrected chi connectivity index (χ4v) is 3.59. The summed E-state index contributed by atoms with van der Waals surface area (Å²) in [6.07, 6.45) is 4.03. The van der Waals surface area contributed by atoms with E-state index < -0.39 is 24.0 Å². The minimum Gasteiger partial charge on any atom is -0.496 e. The average molecular weight is 398 g/mol. The lowest BCUT2D eigenvalue weighted by molar-refractivity contribution is -0.127. The quantitative estimate of drug-likeness (QED) is 0.751. The molecule has 2 aromatic carbocycles. The second-order valence-corrected chi connectivity index (χ2v) is 7.21. The number of ether oxygens (including phenoxy) is 2. The van der Waals surface area contributed by atoms with Crippen LogP contribution in [0.5, 0.6) is 5.75 Å². The van der Waals surface area contributed by atoms with Gasteiger partial charge < -0.3 is 14.8 Å². The SMILES string of the molecule is COc1ccc(C(=O)O[C@@H](C)C(=O)NC(=O)NC2CCCCC2)c2ccccc12. The molecule has 1 aliphatic rings. The Morgan fingerprint density at radius 3 is 2.38 bits per heavy atom. The molecule has 0 heterocycles. The summed E-state index contributed by atoms with van der Waals surface area (Å²) >= 11 is 0. The summed E-state index contributed by atoms with van der Waals surface area (Å²) in [6, 6.07) is 10.1. The molecule has 0 aliphatic heterocycles. The third-order valence-electron chi connectivity index (χ3n) is 5.15. The number of esters is 1. The van der Waals surface area contributed by atoms with E-state index in [1.165, 1.54) is 13.3 Å². The number of nitrogens with one attached hydrogen (secondary N) is 2. The van der Waals surface area contributed by atoms with Crippen LogP contribution in [-0.4, -0.2) is 37.2 Å². The molecule has 0 unspecified atom stereocenters. The Morgan fingerprint density at radius 1 is 1.00 bits per heavy atom. The average Bonchev–Trinajstić information content (AvgIpc) is 2.73. The van der Waals surface area contributed by atoms with Crippen molar-refractivity contribution in [1.82, 2.24) is 10.6 Å².